The summed E-state index contributed by atoms with van der Waals surface area (Å²) < 4.78 is 39.0. The zero-order valence-corrected chi connectivity index (χ0v) is 16.0. The average Bonchev–Trinajstić information content (AvgIpc) is 2.65. The lowest BCUT2D eigenvalue weighted by atomic mass is 10.0. The van der Waals surface area contributed by atoms with E-state index in [4.69, 9.17) is 14.6 Å². The van der Waals surface area contributed by atoms with Gasteiger partial charge in [0.2, 0.25) is 10.0 Å². The SMILES string of the molecule is COc1cccc(OC)c1S(=O)(=O)NC(CCC(=O)O)Cc1ccccc1. The third-order valence-electron chi connectivity index (χ3n) is 4.00. The molecule has 0 aliphatic heterocycles. The van der Waals surface area contributed by atoms with E-state index in [0.29, 0.717) is 6.42 Å². The van der Waals surface area contributed by atoms with Gasteiger partial charge in [-0.15, -0.1) is 0 Å². The third-order valence-corrected chi connectivity index (χ3v) is 5.59. The summed E-state index contributed by atoms with van der Waals surface area (Å²) in [5.41, 5.74) is 0.905. The van der Waals surface area contributed by atoms with Gasteiger partial charge in [0.05, 0.1) is 14.2 Å². The van der Waals surface area contributed by atoms with Gasteiger partial charge in [-0.3, -0.25) is 4.79 Å². The van der Waals surface area contributed by atoms with Gasteiger partial charge in [0.15, 0.2) is 4.90 Å². The Morgan fingerprint density at radius 1 is 1.04 bits per heavy atom. The molecule has 0 aromatic heterocycles. The first-order valence-corrected chi connectivity index (χ1v) is 9.84. The first-order valence-electron chi connectivity index (χ1n) is 8.36. The number of ether oxygens (including phenoxy) is 2. The number of carboxylic acid groups (broad SMARTS) is 1. The molecule has 0 saturated heterocycles. The number of hydrogen-bond acceptors (Lipinski definition) is 5. The molecule has 0 spiro atoms. The van der Waals surface area contributed by atoms with Gasteiger partial charge in [0, 0.05) is 12.5 Å². The number of rotatable bonds is 10. The van der Waals surface area contributed by atoms with Crippen LogP contribution in [-0.4, -0.2) is 39.8 Å². The Hall–Kier alpha value is -2.58. The second-order valence-electron chi connectivity index (χ2n) is 5.93. The van der Waals surface area contributed by atoms with Crippen molar-refractivity contribution in [3.8, 4) is 11.5 Å². The van der Waals surface area contributed by atoms with E-state index in [9.17, 15) is 13.2 Å². The minimum absolute atomic E-state index is 0.108. The summed E-state index contributed by atoms with van der Waals surface area (Å²) in [6.45, 7) is 0. The fourth-order valence-electron chi connectivity index (χ4n) is 2.76. The molecule has 1 unspecified atom stereocenters. The summed E-state index contributed by atoms with van der Waals surface area (Å²) >= 11 is 0. The molecule has 0 aliphatic carbocycles. The van der Waals surface area contributed by atoms with Crippen LogP contribution in [-0.2, 0) is 21.2 Å². The van der Waals surface area contributed by atoms with Crippen LogP contribution in [0, 0.1) is 0 Å². The molecule has 0 bridgehead atoms. The predicted molar refractivity (Wildman–Crippen MR) is 101 cm³/mol. The first-order chi connectivity index (χ1) is 12.9. The zero-order chi connectivity index (χ0) is 19.9. The quantitative estimate of drug-likeness (QED) is 0.643. The van der Waals surface area contributed by atoms with Crippen LogP contribution in [0.4, 0.5) is 0 Å². The van der Waals surface area contributed by atoms with Crippen molar-refractivity contribution in [3.05, 3.63) is 54.1 Å². The van der Waals surface area contributed by atoms with Gasteiger partial charge >= 0.3 is 5.97 Å². The highest BCUT2D eigenvalue weighted by molar-refractivity contribution is 7.89. The first kappa shape index (κ1) is 20.7. The Kier molecular flexibility index (Phi) is 7.20. The molecule has 1 atom stereocenters. The minimum Gasteiger partial charge on any atom is -0.495 e. The van der Waals surface area contributed by atoms with Crippen molar-refractivity contribution < 1.29 is 27.8 Å². The summed E-state index contributed by atoms with van der Waals surface area (Å²) in [5.74, 6) is -0.681. The van der Waals surface area contributed by atoms with Gasteiger partial charge in [0.25, 0.3) is 0 Å². The summed E-state index contributed by atoms with van der Waals surface area (Å²) in [6, 6.07) is 13.4. The van der Waals surface area contributed by atoms with Crippen LogP contribution < -0.4 is 14.2 Å². The average molecular weight is 393 g/mol. The molecular weight excluding hydrogens is 370 g/mol. The van der Waals surface area contributed by atoms with Crippen molar-refractivity contribution in [3.63, 3.8) is 0 Å². The molecule has 146 valence electrons. The highest BCUT2D eigenvalue weighted by atomic mass is 32.2. The normalized spacial score (nSPS) is 12.4. The number of carbonyl (C=O) groups is 1. The molecule has 2 N–H and O–H groups in total. The van der Waals surface area contributed by atoms with Gasteiger partial charge in [0.1, 0.15) is 11.5 Å². The van der Waals surface area contributed by atoms with E-state index in [1.807, 2.05) is 30.3 Å². The maximum atomic E-state index is 13.0. The molecule has 7 nitrogen and oxygen atoms in total. The largest absolute Gasteiger partial charge is 0.495 e. The molecule has 8 heteroatoms. The number of sulfonamides is 1. The Bertz CT molecular complexity index is 845. The van der Waals surface area contributed by atoms with E-state index < -0.39 is 22.0 Å². The Balaban J connectivity index is 2.33. The van der Waals surface area contributed by atoms with Crippen molar-refractivity contribution in [1.29, 1.82) is 0 Å². The van der Waals surface area contributed by atoms with E-state index in [1.165, 1.54) is 26.4 Å². The van der Waals surface area contributed by atoms with Crippen LogP contribution in [0.5, 0.6) is 11.5 Å². The second kappa shape index (κ2) is 9.38. The topological polar surface area (TPSA) is 102 Å². The number of nitrogens with one attached hydrogen (secondary N) is 1. The Morgan fingerprint density at radius 2 is 1.63 bits per heavy atom. The highest BCUT2D eigenvalue weighted by Crippen LogP contribution is 2.33. The fraction of sp³-hybridized carbons (Fsp3) is 0.316. The van der Waals surface area contributed by atoms with Crippen LogP contribution in [0.2, 0.25) is 0 Å². The van der Waals surface area contributed by atoms with Gasteiger partial charge in [-0.1, -0.05) is 36.4 Å². The van der Waals surface area contributed by atoms with Gasteiger partial charge in [-0.2, -0.15) is 0 Å². The number of methoxy groups -OCH3 is 2. The van der Waals surface area contributed by atoms with Crippen molar-refractivity contribution in [1.82, 2.24) is 4.72 Å². The molecule has 0 amide bonds. The molecule has 2 rings (SSSR count). The summed E-state index contributed by atoms with van der Waals surface area (Å²) in [6.07, 6.45) is 0.370. The van der Waals surface area contributed by atoms with E-state index in [2.05, 4.69) is 4.72 Å². The van der Waals surface area contributed by atoms with E-state index in [0.717, 1.165) is 5.56 Å². The molecule has 2 aromatic carbocycles. The van der Waals surface area contributed by atoms with Crippen molar-refractivity contribution in [2.24, 2.45) is 0 Å². The molecule has 2 aromatic rings. The number of hydrogen-bond donors (Lipinski definition) is 2. The van der Waals surface area contributed by atoms with E-state index >= 15 is 0 Å². The van der Waals surface area contributed by atoms with E-state index in [-0.39, 0.29) is 29.2 Å². The fourth-order valence-corrected chi connectivity index (χ4v) is 4.35. The van der Waals surface area contributed by atoms with E-state index in [1.54, 1.807) is 6.07 Å². The standard InChI is InChI=1S/C19H23NO6S/c1-25-16-9-6-10-17(26-2)19(16)27(23,24)20-15(11-12-18(21)22)13-14-7-4-3-5-8-14/h3-10,15,20H,11-13H2,1-2H3,(H,21,22). The summed E-state index contributed by atoms with van der Waals surface area (Å²) in [5, 5.41) is 8.99. The van der Waals surface area contributed by atoms with Crippen molar-refractivity contribution in [2.75, 3.05) is 14.2 Å². The Morgan fingerprint density at radius 3 is 2.15 bits per heavy atom. The summed E-state index contributed by atoms with van der Waals surface area (Å²) in [7, 11) is -1.26. The maximum absolute atomic E-state index is 13.0. The number of aliphatic carboxylic acids is 1. The molecule has 0 fully saturated rings. The lowest BCUT2D eigenvalue weighted by molar-refractivity contribution is -0.137. The molecule has 0 aliphatic rings. The summed E-state index contributed by atoms with van der Waals surface area (Å²) in [4.78, 5) is 10.9. The van der Waals surface area contributed by atoms with Crippen LogP contribution in [0.3, 0.4) is 0 Å². The molecular formula is C19H23NO6S. The van der Waals surface area contributed by atoms with Crippen LogP contribution in [0.15, 0.2) is 53.4 Å². The van der Waals surface area contributed by atoms with Gasteiger partial charge in [-0.25, -0.2) is 13.1 Å². The van der Waals surface area contributed by atoms with Gasteiger partial charge < -0.3 is 14.6 Å². The Labute approximate surface area is 159 Å². The van der Waals surface area contributed by atoms with Gasteiger partial charge in [-0.05, 0) is 30.5 Å². The second-order valence-corrected chi connectivity index (χ2v) is 7.58. The maximum Gasteiger partial charge on any atom is 0.303 e. The molecule has 0 saturated carbocycles. The highest BCUT2D eigenvalue weighted by Gasteiger charge is 2.28. The minimum atomic E-state index is -4.01. The monoisotopic (exact) mass is 393 g/mol. The smallest absolute Gasteiger partial charge is 0.303 e. The van der Waals surface area contributed by atoms with Crippen molar-refractivity contribution in [2.45, 2.75) is 30.2 Å². The molecule has 0 heterocycles. The zero-order valence-electron chi connectivity index (χ0n) is 15.2. The lowest BCUT2D eigenvalue weighted by Gasteiger charge is -2.20. The predicted octanol–water partition coefficient (Wildman–Crippen LogP) is 2.46. The van der Waals surface area contributed by atoms with Crippen LogP contribution in [0.25, 0.3) is 0 Å². The van der Waals surface area contributed by atoms with Crippen LogP contribution >= 0.6 is 0 Å². The number of benzene rings is 2. The number of carboxylic acids is 1. The third kappa shape index (κ3) is 5.70. The molecule has 27 heavy (non-hydrogen) atoms. The van der Waals surface area contributed by atoms with Crippen molar-refractivity contribution >= 4 is 16.0 Å². The van der Waals surface area contributed by atoms with Crippen LogP contribution in [0.1, 0.15) is 18.4 Å². The lowest BCUT2D eigenvalue weighted by Crippen LogP contribution is -2.37. The molecule has 0 radical (unpaired) electrons.